The van der Waals surface area contributed by atoms with E-state index in [1.807, 2.05) is 20.8 Å². The van der Waals surface area contributed by atoms with Crippen LogP contribution in [0.4, 0.5) is 16.5 Å². The van der Waals surface area contributed by atoms with Crippen molar-refractivity contribution in [3.8, 4) is 0 Å². The molecule has 172 valence electrons. The van der Waals surface area contributed by atoms with Gasteiger partial charge in [0.2, 0.25) is 11.0 Å². The number of rotatable bonds is 9. The lowest BCUT2D eigenvalue weighted by Gasteiger charge is -2.13. The molecule has 0 saturated carbocycles. The monoisotopic (exact) mass is 465 g/mol. The summed E-state index contributed by atoms with van der Waals surface area (Å²) in [5, 5.41) is 17.6. The van der Waals surface area contributed by atoms with Crippen LogP contribution in [-0.2, 0) is 11.2 Å². The number of nitrogens with one attached hydrogen (secondary N) is 3. The number of hydrogen-bond acceptors (Lipinski definition) is 6. The molecule has 8 nitrogen and oxygen atoms in total. The molecule has 0 saturated heterocycles. The van der Waals surface area contributed by atoms with Crippen molar-refractivity contribution in [2.24, 2.45) is 5.92 Å². The Morgan fingerprint density at radius 3 is 2.18 bits per heavy atom. The molecule has 3 aromatic rings. The zero-order valence-corrected chi connectivity index (χ0v) is 19.7. The Bertz CT molecular complexity index is 1120. The van der Waals surface area contributed by atoms with E-state index in [0.717, 1.165) is 24.3 Å². The fraction of sp³-hybridized carbons (Fsp3) is 0.292. The largest absolute Gasteiger partial charge is 0.326 e. The molecule has 0 aliphatic rings. The molecule has 0 bridgehead atoms. The molecule has 0 fully saturated rings. The van der Waals surface area contributed by atoms with Crippen molar-refractivity contribution in [1.29, 1.82) is 0 Å². The van der Waals surface area contributed by atoms with E-state index in [0.29, 0.717) is 27.6 Å². The number of hydrogen-bond donors (Lipinski definition) is 3. The average Bonchev–Trinajstić information content (AvgIpc) is 3.28. The van der Waals surface area contributed by atoms with E-state index in [4.69, 9.17) is 0 Å². The fourth-order valence-corrected chi connectivity index (χ4v) is 3.88. The van der Waals surface area contributed by atoms with Crippen molar-refractivity contribution in [1.82, 2.24) is 10.2 Å². The topological polar surface area (TPSA) is 113 Å². The highest BCUT2D eigenvalue weighted by Gasteiger charge is 2.17. The Kier molecular flexibility index (Phi) is 8.26. The van der Waals surface area contributed by atoms with E-state index in [2.05, 4.69) is 26.1 Å². The summed E-state index contributed by atoms with van der Waals surface area (Å²) < 4.78 is 0. The highest BCUT2D eigenvalue weighted by atomic mass is 32.1. The smallest absolute Gasteiger partial charge is 0.259 e. The Balaban J connectivity index is 1.68. The number of carbonyl (C=O) groups excluding carboxylic acids is 3. The molecule has 0 unspecified atom stereocenters. The number of para-hydroxylation sites is 1. The SMILES string of the molecule is CCc1nnc(NC(=O)c2ccccc2NC(=O)c2ccc(NC(=O)C(CC)CC)cc2)s1. The van der Waals surface area contributed by atoms with Crippen molar-refractivity contribution in [3.63, 3.8) is 0 Å². The molecule has 3 amide bonds. The molecule has 3 N–H and O–H groups in total. The van der Waals surface area contributed by atoms with E-state index >= 15 is 0 Å². The van der Waals surface area contributed by atoms with Gasteiger partial charge in [-0.3, -0.25) is 19.7 Å². The first-order valence-corrected chi connectivity index (χ1v) is 11.7. The van der Waals surface area contributed by atoms with Crippen molar-refractivity contribution in [3.05, 3.63) is 64.7 Å². The minimum absolute atomic E-state index is 0.0290. The van der Waals surface area contributed by atoms with Gasteiger partial charge < -0.3 is 10.6 Å². The van der Waals surface area contributed by atoms with Crippen LogP contribution in [-0.4, -0.2) is 27.9 Å². The van der Waals surface area contributed by atoms with Gasteiger partial charge in [0.15, 0.2) is 0 Å². The first kappa shape index (κ1) is 24.1. The summed E-state index contributed by atoms with van der Waals surface area (Å²) in [5.41, 5.74) is 1.73. The van der Waals surface area contributed by atoms with E-state index < -0.39 is 0 Å². The summed E-state index contributed by atoms with van der Waals surface area (Å²) in [4.78, 5) is 37.8. The summed E-state index contributed by atoms with van der Waals surface area (Å²) in [6, 6.07) is 13.4. The fourth-order valence-electron chi connectivity index (χ4n) is 3.20. The van der Waals surface area contributed by atoms with E-state index in [1.165, 1.54) is 11.3 Å². The molecule has 33 heavy (non-hydrogen) atoms. The Morgan fingerprint density at radius 1 is 0.848 bits per heavy atom. The van der Waals surface area contributed by atoms with Crippen molar-refractivity contribution in [2.45, 2.75) is 40.0 Å². The third-order valence-corrected chi connectivity index (χ3v) is 6.16. The van der Waals surface area contributed by atoms with Gasteiger partial charge in [-0.05, 0) is 55.7 Å². The summed E-state index contributed by atoms with van der Waals surface area (Å²) >= 11 is 1.31. The van der Waals surface area contributed by atoms with Crippen molar-refractivity contribution >= 4 is 45.6 Å². The van der Waals surface area contributed by atoms with E-state index in [1.54, 1.807) is 48.5 Å². The van der Waals surface area contributed by atoms with Crippen LogP contribution in [0.25, 0.3) is 0 Å². The van der Waals surface area contributed by atoms with Gasteiger partial charge in [-0.2, -0.15) is 0 Å². The molecule has 2 aromatic carbocycles. The predicted molar refractivity (Wildman–Crippen MR) is 131 cm³/mol. The van der Waals surface area contributed by atoms with Crippen LogP contribution in [0.5, 0.6) is 0 Å². The van der Waals surface area contributed by atoms with Gasteiger partial charge in [0.05, 0.1) is 11.3 Å². The van der Waals surface area contributed by atoms with E-state index in [9.17, 15) is 14.4 Å². The van der Waals surface area contributed by atoms with Gasteiger partial charge >= 0.3 is 0 Å². The van der Waals surface area contributed by atoms with Gasteiger partial charge in [-0.25, -0.2) is 0 Å². The van der Waals surface area contributed by atoms with Crippen LogP contribution >= 0.6 is 11.3 Å². The number of benzene rings is 2. The molecule has 0 spiro atoms. The molecule has 0 atom stereocenters. The van der Waals surface area contributed by atoms with Crippen molar-refractivity contribution in [2.75, 3.05) is 16.0 Å². The first-order valence-electron chi connectivity index (χ1n) is 10.9. The Labute approximate surface area is 196 Å². The second kappa shape index (κ2) is 11.3. The van der Waals surface area contributed by atoms with Crippen molar-refractivity contribution < 1.29 is 14.4 Å². The van der Waals surface area contributed by atoms with Crippen LogP contribution in [0.15, 0.2) is 48.5 Å². The van der Waals surface area contributed by atoms with Gasteiger partial charge in [0, 0.05) is 17.2 Å². The summed E-state index contributed by atoms with van der Waals surface area (Å²) in [5.74, 6) is -0.815. The lowest BCUT2D eigenvalue weighted by atomic mass is 10.0. The van der Waals surface area contributed by atoms with Gasteiger partial charge in [-0.1, -0.05) is 44.2 Å². The first-order chi connectivity index (χ1) is 15.9. The molecule has 0 aliphatic carbocycles. The standard InChI is InChI=1S/C24H27N5O3S/c1-4-15(5-2)21(30)25-17-13-11-16(12-14-17)22(31)26-19-10-8-7-9-18(19)23(32)27-24-29-28-20(6-3)33-24/h7-15H,4-6H2,1-3H3,(H,25,30)(H,26,31)(H,27,29,32). The number of amides is 3. The molecular weight excluding hydrogens is 438 g/mol. The minimum Gasteiger partial charge on any atom is -0.326 e. The molecule has 0 aliphatic heterocycles. The van der Waals surface area contributed by atoms with Crippen LogP contribution < -0.4 is 16.0 Å². The predicted octanol–water partition coefficient (Wildman–Crippen LogP) is 4.98. The van der Waals surface area contributed by atoms with Crippen LogP contribution in [0, 0.1) is 5.92 Å². The lowest BCUT2D eigenvalue weighted by Crippen LogP contribution is -2.21. The average molecular weight is 466 g/mol. The normalized spacial score (nSPS) is 10.7. The maximum atomic E-state index is 12.8. The molecule has 1 heterocycles. The molecule has 1 aromatic heterocycles. The minimum atomic E-state index is -0.385. The highest BCUT2D eigenvalue weighted by Crippen LogP contribution is 2.21. The Morgan fingerprint density at radius 2 is 1.55 bits per heavy atom. The number of nitrogens with zero attached hydrogens (tertiary/aromatic N) is 2. The van der Waals surface area contributed by atoms with Crippen LogP contribution in [0.2, 0.25) is 0 Å². The molecule has 9 heteroatoms. The molecule has 3 rings (SSSR count). The molecule has 0 radical (unpaired) electrons. The number of aryl methyl sites for hydroxylation is 1. The van der Waals surface area contributed by atoms with Gasteiger partial charge in [0.1, 0.15) is 5.01 Å². The third-order valence-electron chi connectivity index (χ3n) is 5.18. The highest BCUT2D eigenvalue weighted by molar-refractivity contribution is 7.15. The second-order valence-electron chi connectivity index (χ2n) is 7.39. The van der Waals surface area contributed by atoms with Gasteiger partial charge in [0.25, 0.3) is 11.8 Å². The number of aromatic nitrogens is 2. The lowest BCUT2D eigenvalue weighted by molar-refractivity contribution is -0.120. The summed E-state index contributed by atoms with van der Waals surface area (Å²) in [6.07, 6.45) is 2.28. The third kappa shape index (κ3) is 6.23. The number of anilines is 3. The van der Waals surface area contributed by atoms with Crippen LogP contribution in [0.3, 0.4) is 0 Å². The zero-order valence-electron chi connectivity index (χ0n) is 18.8. The Hall–Kier alpha value is -3.59. The molecular formula is C24H27N5O3S. The second-order valence-corrected chi connectivity index (χ2v) is 8.45. The maximum absolute atomic E-state index is 12.8. The summed E-state index contributed by atoms with van der Waals surface area (Å²) in [6.45, 7) is 5.93. The zero-order chi connectivity index (χ0) is 23.8. The maximum Gasteiger partial charge on any atom is 0.259 e. The van der Waals surface area contributed by atoms with E-state index in [-0.39, 0.29) is 23.6 Å². The van der Waals surface area contributed by atoms with Crippen LogP contribution in [0.1, 0.15) is 59.3 Å². The number of carbonyl (C=O) groups is 3. The van der Waals surface area contributed by atoms with Gasteiger partial charge in [-0.15, -0.1) is 10.2 Å². The summed E-state index contributed by atoms with van der Waals surface area (Å²) in [7, 11) is 0. The quantitative estimate of drug-likeness (QED) is 0.412.